The second kappa shape index (κ2) is 6.00. The summed E-state index contributed by atoms with van der Waals surface area (Å²) in [4.78, 5) is 0. The quantitative estimate of drug-likeness (QED) is 0.810. The van der Waals surface area contributed by atoms with E-state index in [4.69, 9.17) is 15.2 Å². The molecule has 0 saturated heterocycles. The van der Waals surface area contributed by atoms with E-state index >= 15 is 0 Å². The van der Waals surface area contributed by atoms with Gasteiger partial charge in [-0.05, 0) is 23.8 Å². The second-order valence-corrected chi connectivity index (χ2v) is 4.12. The molecule has 0 aliphatic heterocycles. The van der Waals surface area contributed by atoms with Crippen molar-refractivity contribution in [2.24, 2.45) is 0 Å². The summed E-state index contributed by atoms with van der Waals surface area (Å²) in [6, 6.07) is 13.5. The fourth-order valence-corrected chi connectivity index (χ4v) is 1.84. The Hall–Kier alpha value is -2.36. The van der Waals surface area contributed by atoms with Crippen LogP contribution in [0.3, 0.4) is 0 Å². The van der Waals surface area contributed by atoms with E-state index in [1.165, 1.54) is 0 Å². The van der Waals surface area contributed by atoms with E-state index in [0.717, 1.165) is 16.9 Å². The summed E-state index contributed by atoms with van der Waals surface area (Å²) in [7, 11) is 3.24. The third kappa shape index (κ3) is 3.10. The van der Waals surface area contributed by atoms with E-state index in [-0.39, 0.29) is 0 Å². The van der Waals surface area contributed by atoms with Gasteiger partial charge in [-0.2, -0.15) is 0 Å². The molecule has 0 aromatic heterocycles. The molecular formula is C15H18N2O2. The van der Waals surface area contributed by atoms with E-state index in [0.29, 0.717) is 18.0 Å². The summed E-state index contributed by atoms with van der Waals surface area (Å²) < 4.78 is 10.5. The van der Waals surface area contributed by atoms with Crippen molar-refractivity contribution in [3.8, 4) is 11.5 Å². The summed E-state index contributed by atoms with van der Waals surface area (Å²) in [5.41, 5.74) is 8.72. The summed E-state index contributed by atoms with van der Waals surface area (Å²) in [6.07, 6.45) is 0. The standard InChI is InChI=1S/C15H18N2O2/c1-18-14-8-7-12(9-15(14)19-2)17-10-11-5-3-4-6-13(11)16/h3-9,17H,10,16H2,1-2H3. The molecule has 0 amide bonds. The first kappa shape index (κ1) is 13.1. The number of ether oxygens (including phenoxy) is 2. The minimum absolute atomic E-state index is 0.669. The van der Waals surface area contributed by atoms with Crippen molar-refractivity contribution in [2.75, 3.05) is 25.3 Å². The van der Waals surface area contributed by atoms with Gasteiger partial charge >= 0.3 is 0 Å². The van der Waals surface area contributed by atoms with Crippen molar-refractivity contribution >= 4 is 11.4 Å². The van der Waals surface area contributed by atoms with Crippen LogP contribution in [0.5, 0.6) is 11.5 Å². The van der Waals surface area contributed by atoms with Crippen LogP contribution in [0.15, 0.2) is 42.5 Å². The molecule has 2 aromatic carbocycles. The minimum atomic E-state index is 0.669. The number of nitrogen functional groups attached to an aromatic ring is 1. The average molecular weight is 258 g/mol. The first-order valence-electron chi connectivity index (χ1n) is 6.04. The van der Waals surface area contributed by atoms with Gasteiger partial charge in [-0.25, -0.2) is 0 Å². The number of hydrogen-bond donors (Lipinski definition) is 2. The third-order valence-corrected chi connectivity index (χ3v) is 2.92. The third-order valence-electron chi connectivity index (χ3n) is 2.92. The van der Waals surface area contributed by atoms with Gasteiger partial charge in [-0.3, -0.25) is 0 Å². The predicted octanol–water partition coefficient (Wildman–Crippen LogP) is 2.90. The minimum Gasteiger partial charge on any atom is -0.493 e. The molecule has 19 heavy (non-hydrogen) atoms. The van der Waals surface area contributed by atoms with Gasteiger partial charge < -0.3 is 20.5 Å². The lowest BCUT2D eigenvalue weighted by molar-refractivity contribution is 0.355. The van der Waals surface area contributed by atoms with Gasteiger partial charge in [0.15, 0.2) is 11.5 Å². The smallest absolute Gasteiger partial charge is 0.162 e. The number of benzene rings is 2. The van der Waals surface area contributed by atoms with E-state index in [1.807, 2.05) is 42.5 Å². The number of methoxy groups -OCH3 is 2. The van der Waals surface area contributed by atoms with Crippen LogP contribution in [0.1, 0.15) is 5.56 Å². The Labute approximate surface area is 113 Å². The SMILES string of the molecule is COc1ccc(NCc2ccccc2N)cc1OC. The molecule has 2 aromatic rings. The highest BCUT2D eigenvalue weighted by Gasteiger charge is 2.04. The van der Waals surface area contributed by atoms with Gasteiger partial charge in [0.25, 0.3) is 0 Å². The van der Waals surface area contributed by atoms with E-state index < -0.39 is 0 Å². The van der Waals surface area contributed by atoms with E-state index in [2.05, 4.69) is 5.32 Å². The zero-order valence-electron chi connectivity index (χ0n) is 11.1. The summed E-state index contributed by atoms with van der Waals surface area (Å²) in [5, 5.41) is 3.31. The van der Waals surface area contributed by atoms with Crippen LogP contribution in [0, 0.1) is 0 Å². The molecule has 0 heterocycles. The number of para-hydroxylation sites is 1. The maximum atomic E-state index is 5.90. The zero-order chi connectivity index (χ0) is 13.7. The molecule has 4 heteroatoms. The Kier molecular flexibility index (Phi) is 4.13. The normalized spacial score (nSPS) is 10.0. The molecule has 0 aliphatic carbocycles. The molecule has 0 bridgehead atoms. The molecule has 0 aliphatic rings. The Balaban J connectivity index is 2.10. The van der Waals surface area contributed by atoms with Crippen LogP contribution in [-0.4, -0.2) is 14.2 Å². The van der Waals surface area contributed by atoms with Crippen LogP contribution in [0.4, 0.5) is 11.4 Å². The van der Waals surface area contributed by atoms with Crippen molar-refractivity contribution in [1.29, 1.82) is 0 Å². The van der Waals surface area contributed by atoms with Gasteiger partial charge in [-0.1, -0.05) is 18.2 Å². The first-order chi connectivity index (χ1) is 9.24. The van der Waals surface area contributed by atoms with Crippen LogP contribution in [-0.2, 0) is 6.54 Å². The highest BCUT2D eigenvalue weighted by Crippen LogP contribution is 2.30. The Morgan fingerprint density at radius 1 is 1.00 bits per heavy atom. The number of hydrogen-bond acceptors (Lipinski definition) is 4. The van der Waals surface area contributed by atoms with Gasteiger partial charge in [0.1, 0.15) is 0 Å². The molecule has 0 saturated carbocycles. The molecule has 0 unspecified atom stereocenters. The maximum Gasteiger partial charge on any atom is 0.162 e. The van der Waals surface area contributed by atoms with E-state index in [9.17, 15) is 0 Å². The number of anilines is 2. The van der Waals surface area contributed by atoms with Crippen LogP contribution >= 0.6 is 0 Å². The number of nitrogens with one attached hydrogen (secondary N) is 1. The van der Waals surface area contributed by atoms with Gasteiger partial charge in [0.05, 0.1) is 14.2 Å². The number of rotatable bonds is 5. The fraction of sp³-hybridized carbons (Fsp3) is 0.200. The van der Waals surface area contributed by atoms with Crippen LogP contribution in [0.25, 0.3) is 0 Å². The predicted molar refractivity (Wildman–Crippen MR) is 77.7 cm³/mol. The van der Waals surface area contributed by atoms with Crippen molar-refractivity contribution in [2.45, 2.75) is 6.54 Å². The van der Waals surface area contributed by atoms with E-state index in [1.54, 1.807) is 14.2 Å². The van der Waals surface area contributed by atoms with Gasteiger partial charge in [0, 0.05) is 24.0 Å². The lowest BCUT2D eigenvalue weighted by Crippen LogP contribution is -2.03. The summed E-state index contributed by atoms with van der Waals surface area (Å²) in [6.45, 7) is 0.669. The van der Waals surface area contributed by atoms with Crippen molar-refractivity contribution in [3.63, 3.8) is 0 Å². The molecule has 3 N–H and O–H groups in total. The average Bonchev–Trinajstić information content (AvgIpc) is 2.46. The highest BCUT2D eigenvalue weighted by atomic mass is 16.5. The molecule has 2 rings (SSSR count). The van der Waals surface area contributed by atoms with Crippen LogP contribution in [0.2, 0.25) is 0 Å². The molecule has 0 spiro atoms. The monoisotopic (exact) mass is 258 g/mol. The number of nitrogens with two attached hydrogens (primary N) is 1. The molecule has 0 atom stereocenters. The second-order valence-electron chi connectivity index (χ2n) is 4.12. The summed E-state index contributed by atoms with van der Waals surface area (Å²) in [5.74, 6) is 1.42. The van der Waals surface area contributed by atoms with Crippen LogP contribution < -0.4 is 20.5 Å². The molecule has 0 fully saturated rings. The molecule has 100 valence electrons. The Morgan fingerprint density at radius 2 is 1.74 bits per heavy atom. The molecule has 0 radical (unpaired) electrons. The lowest BCUT2D eigenvalue weighted by Gasteiger charge is -2.12. The highest BCUT2D eigenvalue weighted by molar-refractivity contribution is 5.56. The van der Waals surface area contributed by atoms with Crippen molar-refractivity contribution < 1.29 is 9.47 Å². The van der Waals surface area contributed by atoms with Gasteiger partial charge in [0.2, 0.25) is 0 Å². The molecular weight excluding hydrogens is 240 g/mol. The van der Waals surface area contributed by atoms with Gasteiger partial charge in [-0.15, -0.1) is 0 Å². The first-order valence-corrected chi connectivity index (χ1v) is 6.04. The Bertz CT molecular complexity index is 556. The molecule has 4 nitrogen and oxygen atoms in total. The Morgan fingerprint density at radius 3 is 2.42 bits per heavy atom. The fourth-order valence-electron chi connectivity index (χ4n) is 1.84. The zero-order valence-corrected chi connectivity index (χ0v) is 11.1. The van der Waals surface area contributed by atoms with Crippen molar-refractivity contribution in [3.05, 3.63) is 48.0 Å². The summed E-state index contributed by atoms with van der Waals surface area (Å²) >= 11 is 0. The van der Waals surface area contributed by atoms with Crippen molar-refractivity contribution in [1.82, 2.24) is 0 Å². The largest absolute Gasteiger partial charge is 0.493 e. The maximum absolute atomic E-state index is 5.90. The lowest BCUT2D eigenvalue weighted by atomic mass is 10.2. The topological polar surface area (TPSA) is 56.5 Å².